The molecule has 94 valence electrons. The SMILES string of the molecule is CCCS(=O)(=O)NC1CCCCC1C(=O)O. The molecule has 1 aliphatic rings. The van der Waals surface area contributed by atoms with E-state index in [1.807, 2.05) is 0 Å². The van der Waals surface area contributed by atoms with Crippen LogP contribution in [-0.4, -0.2) is 31.3 Å². The minimum atomic E-state index is -3.31. The first-order chi connectivity index (χ1) is 7.46. The van der Waals surface area contributed by atoms with E-state index in [0.717, 1.165) is 12.8 Å². The molecule has 2 unspecified atom stereocenters. The van der Waals surface area contributed by atoms with Crippen LogP contribution in [0.3, 0.4) is 0 Å². The van der Waals surface area contributed by atoms with Gasteiger partial charge in [-0.15, -0.1) is 0 Å². The molecule has 1 fully saturated rings. The van der Waals surface area contributed by atoms with Gasteiger partial charge in [-0.25, -0.2) is 13.1 Å². The fraction of sp³-hybridized carbons (Fsp3) is 0.900. The highest BCUT2D eigenvalue weighted by Crippen LogP contribution is 2.25. The molecule has 0 bridgehead atoms. The Balaban J connectivity index is 2.66. The average molecular weight is 249 g/mol. The highest BCUT2D eigenvalue weighted by Gasteiger charge is 2.33. The van der Waals surface area contributed by atoms with Crippen LogP contribution in [0.25, 0.3) is 0 Å². The molecule has 16 heavy (non-hydrogen) atoms. The summed E-state index contributed by atoms with van der Waals surface area (Å²) in [6, 6.07) is -0.428. The van der Waals surface area contributed by atoms with Crippen LogP contribution >= 0.6 is 0 Å². The Morgan fingerprint density at radius 1 is 1.38 bits per heavy atom. The van der Waals surface area contributed by atoms with Crippen molar-refractivity contribution in [2.24, 2.45) is 5.92 Å². The summed E-state index contributed by atoms with van der Waals surface area (Å²) in [6.07, 6.45) is 3.49. The van der Waals surface area contributed by atoms with Gasteiger partial charge < -0.3 is 5.11 Å². The van der Waals surface area contributed by atoms with E-state index in [1.165, 1.54) is 0 Å². The lowest BCUT2D eigenvalue weighted by Gasteiger charge is -2.28. The Morgan fingerprint density at radius 2 is 2.00 bits per heavy atom. The maximum Gasteiger partial charge on any atom is 0.308 e. The van der Waals surface area contributed by atoms with Gasteiger partial charge >= 0.3 is 5.97 Å². The first-order valence-corrected chi connectivity index (χ1v) is 7.34. The molecule has 0 spiro atoms. The van der Waals surface area contributed by atoms with Crippen molar-refractivity contribution in [2.45, 2.75) is 45.1 Å². The molecule has 0 aliphatic heterocycles. The van der Waals surface area contributed by atoms with Gasteiger partial charge in [-0.05, 0) is 19.3 Å². The molecule has 0 aromatic carbocycles. The summed E-state index contributed by atoms with van der Waals surface area (Å²) in [5.74, 6) is -1.40. The highest BCUT2D eigenvalue weighted by molar-refractivity contribution is 7.89. The molecule has 0 saturated heterocycles. The standard InChI is InChI=1S/C10H19NO4S/c1-2-7-16(14,15)11-9-6-4-3-5-8(9)10(12)13/h8-9,11H,2-7H2,1H3,(H,12,13). The number of aliphatic carboxylic acids is 1. The molecule has 1 rings (SSSR count). The van der Waals surface area contributed by atoms with E-state index in [2.05, 4.69) is 4.72 Å². The molecule has 1 aliphatic carbocycles. The van der Waals surface area contributed by atoms with Crippen LogP contribution in [0.15, 0.2) is 0 Å². The van der Waals surface area contributed by atoms with Crippen molar-refractivity contribution < 1.29 is 18.3 Å². The predicted molar refractivity (Wildman–Crippen MR) is 60.6 cm³/mol. The Bertz CT molecular complexity index is 339. The Labute approximate surface area is 96.3 Å². The van der Waals surface area contributed by atoms with E-state index in [0.29, 0.717) is 19.3 Å². The third-order valence-corrected chi connectivity index (χ3v) is 4.49. The number of sulfonamides is 1. The number of carboxylic acids is 1. The molecule has 0 radical (unpaired) electrons. The van der Waals surface area contributed by atoms with Crippen LogP contribution in [0.4, 0.5) is 0 Å². The number of nitrogens with one attached hydrogen (secondary N) is 1. The van der Waals surface area contributed by atoms with Crippen LogP contribution in [-0.2, 0) is 14.8 Å². The minimum Gasteiger partial charge on any atom is -0.481 e. The molecule has 2 N–H and O–H groups in total. The smallest absolute Gasteiger partial charge is 0.308 e. The zero-order valence-corrected chi connectivity index (χ0v) is 10.3. The second kappa shape index (κ2) is 5.63. The van der Waals surface area contributed by atoms with E-state index < -0.39 is 28.0 Å². The first-order valence-electron chi connectivity index (χ1n) is 5.69. The predicted octanol–water partition coefficient (Wildman–Crippen LogP) is 0.959. The second-order valence-corrected chi connectivity index (χ2v) is 6.15. The van der Waals surface area contributed by atoms with E-state index in [-0.39, 0.29) is 5.75 Å². The Hall–Kier alpha value is -0.620. The lowest BCUT2D eigenvalue weighted by molar-refractivity contribution is -0.143. The first kappa shape index (κ1) is 13.4. The van der Waals surface area contributed by atoms with Gasteiger partial charge in [0.05, 0.1) is 11.7 Å². The highest BCUT2D eigenvalue weighted by atomic mass is 32.2. The second-order valence-electron chi connectivity index (χ2n) is 4.27. The van der Waals surface area contributed by atoms with Crippen molar-refractivity contribution in [1.29, 1.82) is 0 Å². The average Bonchev–Trinajstić information content (AvgIpc) is 2.17. The van der Waals surface area contributed by atoms with E-state index in [9.17, 15) is 13.2 Å². The normalized spacial score (nSPS) is 26.6. The van der Waals surface area contributed by atoms with E-state index >= 15 is 0 Å². The van der Waals surface area contributed by atoms with Crippen molar-refractivity contribution in [2.75, 3.05) is 5.75 Å². The van der Waals surface area contributed by atoms with Gasteiger partial charge in [-0.2, -0.15) is 0 Å². The summed E-state index contributed by atoms with van der Waals surface area (Å²) < 4.78 is 25.6. The summed E-state index contributed by atoms with van der Waals surface area (Å²) in [5, 5.41) is 9.00. The van der Waals surface area contributed by atoms with Gasteiger partial charge in [0.25, 0.3) is 0 Å². The van der Waals surface area contributed by atoms with Gasteiger partial charge in [0.1, 0.15) is 0 Å². The Morgan fingerprint density at radius 3 is 2.56 bits per heavy atom. The summed E-state index contributed by atoms with van der Waals surface area (Å²) in [7, 11) is -3.31. The largest absolute Gasteiger partial charge is 0.481 e. The monoisotopic (exact) mass is 249 g/mol. The molecule has 5 nitrogen and oxygen atoms in total. The van der Waals surface area contributed by atoms with Crippen LogP contribution in [0.2, 0.25) is 0 Å². The number of hydrogen-bond acceptors (Lipinski definition) is 3. The number of rotatable bonds is 5. The van der Waals surface area contributed by atoms with E-state index in [4.69, 9.17) is 5.11 Å². The maximum absolute atomic E-state index is 11.6. The zero-order chi connectivity index (χ0) is 12.2. The number of carboxylic acid groups (broad SMARTS) is 1. The summed E-state index contributed by atoms with van der Waals surface area (Å²) >= 11 is 0. The van der Waals surface area contributed by atoms with Crippen LogP contribution < -0.4 is 4.72 Å². The fourth-order valence-corrected chi connectivity index (χ4v) is 3.52. The number of carbonyl (C=O) groups is 1. The Kier molecular flexibility index (Phi) is 4.73. The van der Waals surface area contributed by atoms with Crippen molar-refractivity contribution in [1.82, 2.24) is 4.72 Å². The topological polar surface area (TPSA) is 83.5 Å². The minimum absolute atomic E-state index is 0.0653. The molecule has 0 amide bonds. The van der Waals surface area contributed by atoms with Crippen LogP contribution in [0.5, 0.6) is 0 Å². The molecular weight excluding hydrogens is 230 g/mol. The molecule has 2 atom stereocenters. The molecule has 1 saturated carbocycles. The van der Waals surface area contributed by atoms with Gasteiger partial charge in [0.2, 0.25) is 10.0 Å². The molecule has 0 aromatic heterocycles. The fourth-order valence-electron chi connectivity index (χ4n) is 2.13. The van der Waals surface area contributed by atoms with E-state index in [1.54, 1.807) is 6.92 Å². The van der Waals surface area contributed by atoms with Gasteiger partial charge in [0.15, 0.2) is 0 Å². The van der Waals surface area contributed by atoms with Crippen molar-refractivity contribution in [3.63, 3.8) is 0 Å². The van der Waals surface area contributed by atoms with Crippen LogP contribution in [0, 0.1) is 5.92 Å². The lowest BCUT2D eigenvalue weighted by Crippen LogP contribution is -2.45. The van der Waals surface area contributed by atoms with Gasteiger partial charge in [0, 0.05) is 6.04 Å². The van der Waals surface area contributed by atoms with Crippen LogP contribution in [0.1, 0.15) is 39.0 Å². The van der Waals surface area contributed by atoms with Gasteiger partial charge in [-0.1, -0.05) is 19.8 Å². The lowest BCUT2D eigenvalue weighted by atomic mass is 9.85. The summed E-state index contributed by atoms with van der Waals surface area (Å²) in [4.78, 5) is 11.0. The third kappa shape index (κ3) is 3.75. The maximum atomic E-state index is 11.6. The quantitative estimate of drug-likeness (QED) is 0.760. The van der Waals surface area contributed by atoms with Crippen molar-refractivity contribution >= 4 is 16.0 Å². The summed E-state index contributed by atoms with van der Waals surface area (Å²) in [6.45, 7) is 1.79. The van der Waals surface area contributed by atoms with Crippen molar-refractivity contribution in [3.8, 4) is 0 Å². The zero-order valence-electron chi connectivity index (χ0n) is 9.48. The summed E-state index contributed by atoms with van der Waals surface area (Å²) in [5.41, 5.74) is 0. The third-order valence-electron chi connectivity index (χ3n) is 2.89. The molecule has 0 aromatic rings. The molecule has 6 heteroatoms. The van der Waals surface area contributed by atoms with Crippen molar-refractivity contribution in [3.05, 3.63) is 0 Å². The van der Waals surface area contributed by atoms with Gasteiger partial charge in [-0.3, -0.25) is 4.79 Å². The molecular formula is C10H19NO4S. The number of hydrogen-bond donors (Lipinski definition) is 2. The molecule has 0 heterocycles.